The number of fused-ring (bicyclic) bond motifs is 1. The van der Waals surface area contributed by atoms with Crippen molar-refractivity contribution in [2.45, 2.75) is 47.3 Å². The number of anilines is 2. The average Bonchev–Trinajstić information content (AvgIpc) is 2.95. The van der Waals surface area contributed by atoms with E-state index < -0.39 is 12.1 Å². The maximum Gasteiger partial charge on any atom is 0.303 e. The highest BCUT2D eigenvalue weighted by atomic mass is 16.5. The minimum Gasteiger partial charge on any atom is -0.453 e. The van der Waals surface area contributed by atoms with Crippen molar-refractivity contribution in [2.75, 3.05) is 10.6 Å². The summed E-state index contributed by atoms with van der Waals surface area (Å²) >= 11 is 0. The topological polar surface area (TPSA) is 84.7 Å². The molecule has 2 heterocycles. The Hall–Kier alpha value is -3.35. The Bertz CT molecular complexity index is 1070. The highest BCUT2D eigenvalue weighted by Crippen LogP contribution is 2.24. The molecule has 3 rings (SSSR count). The van der Waals surface area contributed by atoms with Crippen LogP contribution in [0.5, 0.6) is 0 Å². The zero-order chi connectivity index (χ0) is 21.1. The summed E-state index contributed by atoms with van der Waals surface area (Å²) in [4.78, 5) is 28.1. The number of benzene rings is 1. The number of pyridine rings is 1. The zero-order valence-electron chi connectivity index (χ0n) is 17.4. The van der Waals surface area contributed by atoms with Gasteiger partial charge in [-0.15, -0.1) is 0 Å². The molecule has 2 N–H and O–H groups in total. The number of esters is 1. The Morgan fingerprint density at radius 1 is 1.14 bits per heavy atom. The van der Waals surface area contributed by atoms with Gasteiger partial charge >= 0.3 is 5.97 Å². The molecule has 7 nitrogen and oxygen atoms in total. The van der Waals surface area contributed by atoms with Crippen molar-refractivity contribution in [2.24, 2.45) is 0 Å². The minimum absolute atomic E-state index is 0.367. The Labute approximate surface area is 170 Å². The first-order chi connectivity index (χ1) is 13.8. The lowest BCUT2D eigenvalue weighted by Gasteiger charge is -2.17. The summed E-state index contributed by atoms with van der Waals surface area (Å²) in [6.07, 6.45) is 1.13. The molecular weight excluding hydrogens is 368 g/mol. The van der Waals surface area contributed by atoms with Gasteiger partial charge in [-0.2, -0.15) is 0 Å². The molecule has 1 atom stereocenters. The van der Waals surface area contributed by atoms with E-state index in [4.69, 9.17) is 4.74 Å². The molecule has 152 valence electrons. The lowest BCUT2D eigenvalue weighted by atomic mass is 10.1. The number of hydrogen-bond donors (Lipinski definition) is 2. The number of rotatable bonds is 6. The molecule has 0 unspecified atom stereocenters. The summed E-state index contributed by atoms with van der Waals surface area (Å²) < 4.78 is 7.02. The van der Waals surface area contributed by atoms with E-state index in [0.29, 0.717) is 12.2 Å². The molecule has 0 bridgehead atoms. The molecule has 0 radical (unpaired) electrons. The molecule has 0 aliphatic heterocycles. The van der Waals surface area contributed by atoms with Crippen molar-refractivity contribution in [3.8, 4) is 0 Å². The second-order valence-corrected chi connectivity index (χ2v) is 7.09. The maximum atomic E-state index is 12.4. The summed E-state index contributed by atoms with van der Waals surface area (Å²) in [5.74, 6) is -0.856. The van der Waals surface area contributed by atoms with Gasteiger partial charge in [-0.05, 0) is 57.0 Å². The third-order valence-corrected chi connectivity index (χ3v) is 4.96. The largest absolute Gasteiger partial charge is 0.453 e. The van der Waals surface area contributed by atoms with E-state index in [2.05, 4.69) is 20.0 Å². The van der Waals surface area contributed by atoms with Gasteiger partial charge in [-0.1, -0.05) is 12.1 Å². The van der Waals surface area contributed by atoms with Crippen LogP contribution in [-0.4, -0.2) is 27.4 Å². The van der Waals surface area contributed by atoms with Crippen molar-refractivity contribution in [1.29, 1.82) is 0 Å². The summed E-state index contributed by atoms with van der Waals surface area (Å²) in [7, 11) is 0. The van der Waals surface area contributed by atoms with Crippen molar-refractivity contribution < 1.29 is 14.3 Å². The second-order valence-electron chi connectivity index (χ2n) is 7.09. The van der Waals surface area contributed by atoms with Crippen molar-refractivity contribution in [3.63, 3.8) is 0 Å². The standard InChI is InChI=1S/C22H26N4O3/c1-13-8-6-9-19(25-22(28)16(4)29-17(5)27)18(13)12-23-20-10-7-11-26-15(3)14(2)24-21(20)26/h6-11,16,23H,12H2,1-5H3,(H,25,28)/t16-/m0/s1. The van der Waals surface area contributed by atoms with Crippen molar-refractivity contribution in [1.82, 2.24) is 9.38 Å². The van der Waals surface area contributed by atoms with Crippen LogP contribution in [0.2, 0.25) is 0 Å². The van der Waals surface area contributed by atoms with E-state index in [0.717, 1.165) is 33.8 Å². The first-order valence-corrected chi connectivity index (χ1v) is 9.52. The number of nitrogens with zero attached hydrogens (tertiary/aromatic N) is 2. The number of imidazole rings is 1. The van der Waals surface area contributed by atoms with Gasteiger partial charge in [0.25, 0.3) is 5.91 Å². The van der Waals surface area contributed by atoms with E-state index in [-0.39, 0.29) is 5.91 Å². The maximum absolute atomic E-state index is 12.4. The third kappa shape index (κ3) is 4.39. The van der Waals surface area contributed by atoms with E-state index in [9.17, 15) is 9.59 Å². The number of ether oxygens (including phenoxy) is 1. The Morgan fingerprint density at radius 3 is 2.59 bits per heavy atom. The van der Waals surface area contributed by atoms with Gasteiger partial charge in [-0.3, -0.25) is 9.59 Å². The lowest BCUT2D eigenvalue weighted by Crippen LogP contribution is -2.29. The smallest absolute Gasteiger partial charge is 0.303 e. The summed E-state index contributed by atoms with van der Waals surface area (Å²) in [5, 5.41) is 6.31. The fourth-order valence-corrected chi connectivity index (χ4v) is 3.21. The van der Waals surface area contributed by atoms with Gasteiger partial charge < -0.3 is 19.8 Å². The minimum atomic E-state index is -0.863. The van der Waals surface area contributed by atoms with Gasteiger partial charge in [0, 0.05) is 31.0 Å². The molecule has 0 spiro atoms. The number of aromatic nitrogens is 2. The molecule has 2 aromatic heterocycles. The van der Waals surface area contributed by atoms with E-state index in [1.807, 2.05) is 57.3 Å². The number of aryl methyl sites for hydroxylation is 3. The molecule has 0 aliphatic rings. The van der Waals surface area contributed by atoms with Gasteiger partial charge in [0.05, 0.1) is 11.4 Å². The van der Waals surface area contributed by atoms with Crippen LogP contribution in [0, 0.1) is 20.8 Å². The van der Waals surface area contributed by atoms with Crippen LogP contribution in [0.4, 0.5) is 11.4 Å². The van der Waals surface area contributed by atoms with Crippen LogP contribution in [0.25, 0.3) is 5.65 Å². The normalized spacial score (nSPS) is 11.9. The Morgan fingerprint density at radius 2 is 1.86 bits per heavy atom. The first-order valence-electron chi connectivity index (χ1n) is 9.52. The molecular formula is C22H26N4O3. The SMILES string of the molecule is CC(=O)O[C@@H](C)C(=O)Nc1cccc(C)c1CNc1cccn2c(C)c(C)nc12. The molecule has 0 fully saturated rings. The van der Waals surface area contributed by atoms with Crippen LogP contribution in [-0.2, 0) is 20.9 Å². The number of nitrogens with one attached hydrogen (secondary N) is 2. The second kappa shape index (κ2) is 8.34. The number of carbonyl (C=O) groups is 2. The Balaban J connectivity index is 1.82. The van der Waals surface area contributed by atoms with Gasteiger partial charge in [0.1, 0.15) is 0 Å². The zero-order valence-corrected chi connectivity index (χ0v) is 17.4. The van der Waals surface area contributed by atoms with Crippen LogP contribution in [0.3, 0.4) is 0 Å². The van der Waals surface area contributed by atoms with Gasteiger partial charge in [0.15, 0.2) is 11.8 Å². The van der Waals surface area contributed by atoms with Crippen LogP contribution >= 0.6 is 0 Å². The van der Waals surface area contributed by atoms with Crippen molar-refractivity contribution >= 4 is 28.9 Å². The molecule has 1 amide bonds. The lowest BCUT2D eigenvalue weighted by molar-refractivity contribution is -0.150. The van der Waals surface area contributed by atoms with Crippen LogP contribution in [0.1, 0.15) is 36.4 Å². The third-order valence-electron chi connectivity index (χ3n) is 4.96. The molecule has 0 aliphatic carbocycles. The monoisotopic (exact) mass is 394 g/mol. The number of amides is 1. The quantitative estimate of drug-likeness (QED) is 0.622. The van der Waals surface area contributed by atoms with Crippen LogP contribution in [0.15, 0.2) is 36.5 Å². The predicted octanol–water partition coefficient (Wildman–Crippen LogP) is 3.76. The summed E-state index contributed by atoms with van der Waals surface area (Å²) in [5.41, 5.74) is 6.55. The van der Waals surface area contributed by atoms with Crippen molar-refractivity contribution in [3.05, 3.63) is 59.0 Å². The van der Waals surface area contributed by atoms with Gasteiger partial charge in [0.2, 0.25) is 0 Å². The molecule has 1 aromatic carbocycles. The molecule has 7 heteroatoms. The molecule has 29 heavy (non-hydrogen) atoms. The predicted molar refractivity (Wildman–Crippen MR) is 113 cm³/mol. The fraction of sp³-hybridized carbons (Fsp3) is 0.318. The van der Waals surface area contributed by atoms with E-state index in [1.54, 1.807) is 6.92 Å². The van der Waals surface area contributed by atoms with E-state index >= 15 is 0 Å². The fourth-order valence-electron chi connectivity index (χ4n) is 3.21. The highest BCUT2D eigenvalue weighted by molar-refractivity contribution is 5.95. The summed E-state index contributed by atoms with van der Waals surface area (Å²) in [6.45, 7) is 9.37. The number of carbonyl (C=O) groups excluding carboxylic acids is 2. The highest BCUT2D eigenvalue weighted by Gasteiger charge is 2.18. The van der Waals surface area contributed by atoms with E-state index in [1.165, 1.54) is 6.92 Å². The van der Waals surface area contributed by atoms with Crippen LogP contribution < -0.4 is 10.6 Å². The molecule has 3 aromatic rings. The molecule has 0 saturated carbocycles. The number of hydrogen-bond acceptors (Lipinski definition) is 5. The average molecular weight is 394 g/mol. The first kappa shape index (κ1) is 20.4. The van der Waals surface area contributed by atoms with Gasteiger partial charge in [-0.25, -0.2) is 4.98 Å². The Kier molecular flexibility index (Phi) is 5.87. The summed E-state index contributed by atoms with van der Waals surface area (Å²) in [6, 6.07) is 9.68. The molecule has 0 saturated heterocycles.